The van der Waals surface area contributed by atoms with Crippen LogP contribution < -0.4 is 5.32 Å². The van der Waals surface area contributed by atoms with E-state index in [1.54, 1.807) is 0 Å². The molecule has 3 nitrogen and oxygen atoms in total. The monoisotopic (exact) mass is 275 g/mol. The molecule has 1 N–H and O–H groups in total. The number of pyridine rings is 2. The maximum absolute atomic E-state index is 4.59. The van der Waals surface area contributed by atoms with Gasteiger partial charge < -0.3 is 5.32 Å². The summed E-state index contributed by atoms with van der Waals surface area (Å²) in [6, 6.07) is 14.9. The summed E-state index contributed by atoms with van der Waals surface area (Å²) in [6.07, 6.45) is 7.19. The van der Waals surface area contributed by atoms with Gasteiger partial charge in [0.1, 0.15) is 0 Å². The number of nitrogens with zero attached hydrogens (tertiary/aromatic N) is 2. The summed E-state index contributed by atoms with van der Waals surface area (Å²) in [4.78, 5) is 9.11. The van der Waals surface area contributed by atoms with E-state index < -0.39 is 0 Å². The number of nitrogens with one attached hydrogen (secondary N) is 1. The van der Waals surface area contributed by atoms with E-state index in [2.05, 4.69) is 45.6 Å². The number of fused-ring (bicyclic) bond motifs is 2. The van der Waals surface area contributed by atoms with Crippen molar-refractivity contribution >= 4 is 16.6 Å². The Kier molecular flexibility index (Phi) is 3.03. The van der Waals surface area contributed by atoms with Crippen molar-refractivity contribution in [1.82, 2.24) is 9.97 Å². The smallest absolute Gasteiger partial charge is 0.0933 e. The molecule has 2 aromatic heterocycles. The van der Waals surface area contributed by atoms with Crippen LogP contribution in [-0.4, -0.2) is 9.97 Å². The Morgan fingerprint density at radius 1 is 0.952 bits per heavy atom. The number of hydrogen-bond donors (Lipinski definition) is 1. The molecule has 0 saturated carbocycles. The van der Waals surface area contributed by atoms with Crippen LogP contribution in [0.5, 0.6) is 0 Å². The second-order valence-electron chi connectivity index (χ2n) is 5.52. The van der Waals surface area contributed by atoms with Crippen LogP contribution in [0.25, 0.3) is 10.9 Å². The van der Waals surface area contributed by atoms with Crippen molar-refractivity contribution in [3.63, 3.8) is 0 Å². The molecule has 0 radical (unpaired) electrons. The van der Waals surface area contributed by atoms with E-state index in [1.165, 1.54) is 23.1 Å². The van der Waals surface area contributed by atoms with E-state index in [9.17, 15) is 0 Å². The summed E-state index contributed by atoms with van der Waals surface area (Å²) in [5.74, 6) is 0. The maximum Gasteiger partial charge on any atom is 0.0933 e. The van der Waals surface area contributed by atoms with Crippen LogP contribution in [0.3, 0.4) is 0 Å². The molecule has 2 heterocycles. The summed E-state index contributed by atoms with van der Waals surface area (Å²) >= 11 is 0. The molecule has 3 heteroatoms. The fraction of sp³-hybridized carbons (Fsp3) is 0.222. The molecular formula is C18H17N3. The standard InChI is InChI=1S/C18H17N3/c1-5-13-7-3-11-19-17(13)15(9-1)21-16-10-2-6-14-8-4-12-20-18(14)16/h1,3-5,7-9,11-12,16,21H,2,6,10H2. The second kappa shape index (κ2) is 5.17. The Labute approximate surface area is 124 Å². The molecule has 1 aliphatic carbocycles. The third kappa shape index (κ3) is 2.25. The van der Waals surface area contributed by atoms with Gasteiger partial charge in [-0.25, -0.2) is 0 Å². The van der Waals surface area contributed by atoms with E-state index in [0.29, 0.717) is 0 Å². The molecule has 1 unspecified atom stereocenters. The van der Waals surface area contributed by atoms with Gasteiger partial charge >= 0.3 is 0 Å². The minimum Gasteiger partial charge on any atom is -0.375 e. The van der Waals surface area contributed by atoms with Crippen LogP contribution in [0.1, 0.15) is 30.1 Å². The van der Waals surface area contributed by atoms with Crippen LogP contribution in [0.15, 0.2) is 54.9 Å². The van der Waals surface area contributed by atoms with Crippen molar-refractivity contribution in [3.8, 4) is 0 Å². The van der Waals surface area contributed by atoms with Crippen LogP contribution in [0.2, 0.25) is 0 Å². The highest BCUT2D eigenvalue weighted by Crippen LogP contribution is 2.32. The molecule has 1 atom stereocenters. The van der Waals surface area contributed by atoms with E-state index in [4.69, 9.17) is 0 Å². The van der Waals surface area contributed by atoms with Crippen molar-refractivity contribution in [2.24, 2.45) is 0 Å². The number of hydrogen-bond acceptors (Lipinski definition) is 3. The van der Waals surface area contributed by atoms with Crippen LogP contribution in [-0.2, 0) is 6.42 Å². The number of para-hydroxylation sites is 1. The highest BCUT2D eigenvalue weighted by Gasteiger charge is 2.21. The molecule has 0 bridgehead atoms. The van der Waals surface area contributed by atoms with Gasteiger partial charge in [-0.2, -0.15) is 0 Å². The topological polar surface area (TPSA) is 37.8 Å². The van der Waals surface area contributed by atoms with Crippen molar-refractivity contribution in [1.29, 1.82) is 0 Å². The van der Waals surface area contributed by atoms with Gasteiger partial charge in [-0.15, -0.1) is 0 Å². The molecule has 0 fully saturated rings. The Morgan fingerprint density at radius 2 is 1.81 bits per heavy atom. The van der Waals surface area contributed by atoms with Gasteiger partial charge in [0.25, 0.3) is 0 Å². The number of aryl methyl sites for hydroxylation is 1. The summed E-state index contributed by atoms with van der Waals surface area (Å²) in [5, 5.41) is 4.82. The fourth-order valence-corrected chi connectivity index (χ4v) is 3.16. The first kappa shape index (κ1) is 12.3. The van der Waals surface area contributed by atoms with Gasteiger partial charge in [-0.05, 0) is 43.0 Å². The lowest BCUT2D eigenvalue weighted by molar-refractivity contribution is 0.584. The second-order valence-corrected chi connectivity index (χ2v) is 5.52. The Bertz CT molecular complexity index is 777. The molecule has 104 valence electrons. The molecule has 3 aromatic rings. The van der Waals surface area contributed by atoms with E-state index in [0.717, 1.165) is 24.0 Å². The molecule has 0 saturated heterocycles. The first-order valence-corrected chi connectivity index (χ1v) is 7.46. The minimum absolute atomic E-state index is 0.280. The number of anilines is 1. The SMILES string of the molecule is c1cnc2c(c1)CCCC2Nc1cccc2cccnc12. The Hall–Kier alpha value is -2.42. The number of rotatable bonds is 2. The van der Waals surface area contributed by atoms with Crippen molar-refractivity contribution in [3.05, 3.63) is 66.1 Å². The van der Waals surface area contributed by atoms with Crippen LogP contribution >= 0.6 is 0 Å². The highest BCUT2D eigenvalue weighted by atomic mass is 15.0. The van der Waals surface area contributed by atoms with Gasteiger partial charge in [-0.3, -0.25) is 9.97 Å². The molecule has 0 aliphatic heterocycles. The van der Waals surface area contributed by atoms with Gasteiger partial charge in [0.05, 0.1) is 22.9 Å². The first-order chi connectivity index (χ1) is 10.4. The third-order valence-corrected chi connectivity index (χ3v) is 4.16. The molecule has 4 rings (SSSR count). The quantitative estimate of drug-likeness (QED) is 0.764. The highest BCUT2D eigenvalue weighted by molar-refractivity contribution is 5.90. The predicted octanol–water partition coefficient (Wildman–Crippen LogP) is 4.12. The molecule has 1 aromatic carbocycles. The number of benzene rings is 1. The number of aromatic nitrogens is 2. The molecule has 1 aliphatic rings. The fourth-order valence-electron chi connectivity index (χ4n) is 3.16. The zero-order valence-electron chi connectivity index (χ0n) is 11.8. The summed E-state index contributed by atoms with van der Waals surface area (Å²) in [6.45, 7) is 0. The van der Waals surface area contributed by atoms with Gasteiger partial charge in [0.15, 0.2) is 0 Å². The summed E-state index contributed by atoms with van der Waals surface area (Å²) in [5.41, 5.74) is 4.69. The molecule has 0 spiro atoms. The summed E-state index contributed by atoms with van der Waals surface area (Å²) < 4.78 is 0. The lowest BCUT2D eigenvalue weighted by Gasteiger charge is -2.26. The lowest BCUT2D eigenvalue weighted by atomic mass is 9.91. The maximum atomic E-state index is 4.59. The third-order valence-electron chi connectivity index (χ3n) is 4.16. The largest absolute Gasteiger partial charge is 0.375 e. The van der Waals surface area contributed by atoms with Gasteiger partial charge in [0.2, 0.25) is 0 Å². The van der Waals surface area contributed by atoms with Crippen molar-refractivity contribution < 1.29 is 0 Å². The average Bonchev–Trinajstić information content (AvgIpc) is 2.56. The van der Waals surface area contributed by atoms with Crippen molar-refractivity contribution in [2.75, 3.05) is 5.32 Å². The summed E-state index contributed by atoms with van der Waals surface area (Å²) in [7, 11) is 0. The Balaban J connectivity index is 1.73. The van der Waals surface area contributed by atoms with Gasteiger partial charge in [-0.1, -0.05) is 24.3 Å². The van der Waals surface area contributed by atoms with Crippen LogP contribution in [0.4, 0.5) is 5.69 Å². The zero-order valence-corrected chi connectivity index (χ0v) is 11.8. The average molecular weight is 275 g/mol. The van der Waals surface area contributed by atoms with E-state index >= 15 is 0 Å². The molecular weight excluding hydrogens is 258 g/mol. The molecule has 0 amide bonds. The van der Waals surface area contributed by atoms with Crippen molar-refractivity contribution in [2.45, 2.75) is 25.3 Å². The lowest BCUT2D eigenvalue weighted by Crippen LogP contribution is -2.19. The van der Waals surface area contributed by atoms with E-state index in [-0.39, 0.29) is 6.04 Å². The zero-order chi connectivity index (χ0) is 14.1. The minimum atomic E-state index is 0.280. The predicted molar refractivity (Wildman–Crippen MR) is 85.3 cm³/mol. The molecule has 21 heavy (non-hydrogen) atoms. The van der Waals surface area contributed by atoms with Crippen LogP contribution in [0, 0.1) is 0 Å². The van der Waals surface area contributed by atoms with E-state index in [1.807, 2.05) is 24.5 Å². The first-order valence-electron chi connectivity index (χ1n) is 7.46. The normalized spacial score (nSPS) is 17.4. The Morgan fingerprint density at radius 3 is 2.81 bits per heavy atom. The van der Waals surface area contributed by atoms with Gasteiger partial charge in [0, 0.05) is 17.8 Å².